The van der Waals surface area contributed by atoms with Gasteiger partial charge in [0, 0.05) is 31.4 Å². The molecule has 0 atom stereocenters. The Labute approximate surface area is 123 Å². The Morgan fingerprint density at radius 1 is 1.38 bits per heavy atom. The van der Waals surface area contributed by atoms with E-state index in [0.717, 1.165) is 12.2 Å². The Kier molecular flexibility index (Phi) is 4.94. The van der Waals surface area contributed by atoms with Gasteiger partial charge in [-0.2, -0.15) is 5.10 Å². The molecule has 2 rings (SSSR count). The smallest absolute Gasteiger partial charge is 0.335 e. The monoisotopic (exact) mass is 289 g/mol. The van der Waals surface area contributed by atoms with Crippen LogP contribution in [0.2, 0.25) is 0 Å². The number of rotatable bonds is 7. The molecular weight excluding hydrogens is 270 g/mol. The van der Waals surface area contributed by atoms with Gasteiger partial charge in [0.1, 0.15) is 12.4 Å². The lowest BCUT2D eigenvalue weighted by Crippen LogP contribution is -2.20. The summed E-state index contributed by atoms with van der Waals surface area (Å²) in [5.41, 5.74) is 2.57. The summed E-state index contributed by atoms with van der Waals surface area (Å²) in [5.74, 6) is -0.269. The van der Waals surface area contributed by atoms with Gasteiger partial charge in [0.2, 0.25) is 0 Å². The van der Waals surface area contributed by atoms with E-state index >= 15 is 0 Å². The van der Waals surface area contributed by atoms with Crippen molar-refractivity contribution in [1.82, 2.24) is 15.1 Å². The highest BCUT2D eigenvalue weighted by molar-refractivity contribution is 5.87. The number of carboxylic acid groups (broad SMARTS) is 1. The van der Waals surface area contributed by atoms with Crippen molar-refractivity contribution in [3.8, 4) is 5.75 Å². The standard InChI is InChI=1S/C15H19N3O3/c1-11-13(10-17-18(11)2)9-16-7-8-21-14-5-3-12(4-6-14)15(19)20/h3-6,10,16H,7-9H2,1-2H3,(H,19,20). The molecule has 0 saturated heterocycles. The maximum Gasteiger partial charge on any atom is 0.335 e. The first-order valence-electron chi connectivity index (χ1n) is 6.72. The van der Waals surface area contributed by atoms with Crippen molar-refractivity contribution in [3.63, 3.8) is 0 Å². The van der Waals surface area contributed by atoms with E-state index in [0.29, 0.717) is 18.9 Å². The number of benzene rings is 1. The molecule has 2 aromatic rings. The van der Waals surface area contributed by atoms with Crippen LogP contribution >= 0.6 is 0 Å². The second kappa shape index (κ2) is 6.90. The molecule has 2 N–H and O–H groups in total. The normalized spacial score (nSPS) is 10.6. The number of nitrogens with one attached hydrogen (secondary N) is 1. The highest BCUT2D eigenvalue weighted by Gasteiger charge is 2.03. The van der Waals surface area contributed by atoms with E-state index in [4.69, 9.17) is 9.84 Å². The first-order chi connectivity index (χ1) is 10.1. The first-order valence-corrected chi connectivity index (χ1v) is 6.72. The van der Waals surface area contributed by atoms with Crippen LogP contribution in [0.25, 0.3) is 0 Å². The fourth-order valence-electron chi connectivity index (χ4n) is 1.88. The maximum absolute atomic E-state index is 10.7. The Hall–Kier alpha value is -2.34. The molecule has 0 radical (unpaired) electrons. The van der Waals surface area contributed by atoms with Gasteiger partial charge in [0.05, 0.1) is 11.8 Å². The zero-order valence-electron chi connectivity index (χ0n) is 12.2. The highest BCUT2D eigenvalue weighted by Crippen LogP contribution is 2.11. The number of carbonyl (C=O) groups is 1. The van der Waals surface area contributed by atoms with E-state index in [1.165, 1.54) is 17.7 Å². The summed E-state index contributed by atoms with van der Waals surface area (Å²) in [5, 5.41) is 16.3. The van der Waals surface area contributed by atoms with Crippen LogP contribution < -0.4 is 10.1 Å². The second-order valence-electron chi connectivity index (χ2n) is 4.73. The number of carboxylic acids is 1. The number of aromatic carboxylic acids is 1. The molecule has 0 aliphatic carbocycles. The van der Waals surface area contributed by atoms with Crippen molar-refractivity contribution in [1.29, 1.82) is 0 Å². The van der Waals surface area contributed by atoms with Crippen molar-refractivity contribution in [2.45, 2.75) is 13.5 Å². The molecule has 1 heterocycles. The average Bonchev–Trinajstić information content (AvgIpc) is 2.79. The summed E-state index contributed by atoms with van der Waals surface area (Å²) in [7, 11) is 1.92. The lowest BCUT2D eigenvalue weighted by molar-refractivity contribution is 0.0697. The summed E-state index contributed by atoms with van der Waals surface area (Å²) in [6, 6.07) is 6.39. The summed E-state index contributed by atoms with van der Waals surface area (Å²) >= 11 is 0. The lowest BCUT2D eigenvalue weighted by atomic mass is 10.2. The van der Waals surface area contributed by atoms with E-state index in [-0.39, 0.29) is 5.56 Å². The number of nitrogens with zero attached hydrogens (tertiary/aromatic N) is 2. The molecule has 6 nitrogen and oxygen atoms in total. The maximum atomic E-state index is 10.7. The number of ether oxygens (including phenoxy) is 1. The third-order valence-corrected chi connectivity index (χ3v) is 3.30. The fourth-order valence-corrected chi connectivity index (χ4v) is 1.88. The van der Waals surface area contributed by atoms with Crippen molar-refractivity contribution in [3.05, 3.63) is 47.3 Å². The van der Waals surface area contributed by atoms with E-state index in [9.17, 15) is 4.79 Å². The minimum Gasteiger partial charge on any atom is -0.492 e. The number of hydrogen-bond acceptors (Lipinski definition) is 4. The molecule has 6 heteroatoms. The largest absolute Gasteiger partial charge is 0.492 e. The van der Waals surface area contributed by atoms with Crippen LogP contribution in [0.5, 0.6) is 5.75 Å². The molecule has 0 bridgehead atoms. The van der Waals surface area contributed by atoms with Gasteiger partial charge in [0.25, 0.3) is 0 Å². The first kappa shape index (κ1) is 15.1. The van der Waals surface area contributed by atoms with Crippen molar-refractivity contribution in [2.24, 2.45) is 7.05 Å². The van der Waals surface area contributed by atoms with Crippen molar-refractivity contribution in [2.75, 3.05) is 13.2 Å². The zero-order chi connectivity index (χ0) is 15.2. The van der Waals surface area contributed by atoms with E-state index in [1.54, 1.807) is 12.1 Å². The third kappa shape index (κ3) is 4.06. The number of hydrogen-bond donors (Lipinski definition) is 2. The van der Waals surface area contributed by atoms with E-state index in [2.05, 4.69) is 10.4 Å². The molecule has 0 aliphatic rings. The van der Waals surface area contributed by atoms with Gasteiger partial charge < -0.3 is 15.2 Å². The van der Waals surface area contributed by atoms with E-state index < -0.39 is 5.97 Å². The topological polar surface area (TPSA) is 76.4 Å². The quantitative estimate of drug-likeness (QED) is 0.757. The second-order valence-corrected chi connectivity index (χ2v) is 4.73. The van der Waals surface area contributed by atoms with Crippen LogP contribution in [-0.4, -0.2) is 34.0 Å². The molecule has 0 spiro atoms. The third-order valence-electron chi connectivity index (χ3n) is 3.30. The number of aromatic nitrogens is 2. The van der Waals surface area contributed by atoms with E-state index in [1.807, 2.05) is 24.9 Å². The predicted octanol–water partition coefficient (Wildman–Crippen LogP) is 1.60. The molecule has 1 aromatic carbocycles. The van der Waals surface area contributed by atoms with Gasteiger partial charge >= 0.3 is 5.97 Å². The molecule has 0 unspecified atom stereocenters. The lowest BCUT2D eigenvalue weighted by Gasteiger charge is -2.07. The van der Waals surface area contributed by atoms with Crippen LogP contribution in [0, 0.1) is 6.92 Å². The zero-order valence-corrected chi connectivity index (χ0v) is 12.2. The molecular formula is C15H19N3O3. The summed E-state index contributed by atoms with van der Waals surface area (Å²) in [6.07, 6.45) is 1.85. The van der Waals surface area contributed by atoms with Crippen LogP contribution in [0.15, 0.2) is 30.5 Å². The highest BCUT2D eigenvalue weighted by atomic mass is 16.5. The molecule has 112 valence electrons. The minimum absolute atomic E-state index is 0.257. The van der Waals surface area contributed by atoms with Crippen LogP contribution in [0.4, 0.5) is 0 Å². The Bertz CT molecular complexity index is 605. The van der Waals surface area contributed by atoms with Gasteiger partial charge in [-0.05, 0) is 31.2 Å². The van der Waals surface area contributed by atoms with Crippen LogP contribution in [0.1, 0.15) is 21.6 Å². The Morgan fingerprint density at radius 3 is 2.67 bits per heavy atom. The summed E-state index contributed by atoms with van der Waals surface area (Å²) < 4.78 is 7.38. The molecule has 0 fully saturated rings. The van der Waals surface area contributed by atoms with Gasteiger partial charge in [-0.1, -0.05) is 0 Å². The minimum atomic E-state index is -0.935. The molecule has 0 aliphatic heterocycles. The summed E-state index contributed by atoms with van der Waals surface area (Å²) in [6.45, 7) is 4.01. The van der Waals surface area contributed by atoms with Crippen molar-refractivity contribution >= 4 is 5.97 Å². The summed E-state index contributed by atoms with van der Waals surface area (Å²) in [4.78, 5) is 10.7. The molecule has 0 saturated carbocycles. The Morgan fingerprint density at radius 2 is 2.10 bits per heavy atom. The van der Waals surface area contributed by atoms with Crippen LogP contribution in [0.3, 0.4) is 0 Å². The van der Waals surface area contributed by atoms with Crippen molar-refractivity contribution < 1.29 is 14.6 Å². The SMILES string of the molecule is Cc1c(CNCCOc2ccc(C(=O)O)cc2)cnn1C. The average molecular weight is 289 g/mol. The molecule has 0 amide bonds. The molecule has 21 heavy (non-hydrogen) atoms. The van der Waals surface area contributed by atoms with Gasteiger partial charge in [-0.15, -0.1) is 0 Å². The van der Waals surface area contributed by atoms with Gasteiger partial charge in [0.15, 0.2) is 0 Å². The molecule has 1 aromatic heterocycles. The fraction of sp³-hybridized carbons (Fsp3) is 0.333. The Balaban J connectivity index is 1.70. The van der Waals surface area contributed by atoms with Crippen LogP contribution in [-0.2, 0) is 13.6 Å². The number of aryl methyl sites for hydroxylation is 1. The van der Waals surface area contributed by atoms with Gasteiger partial charge in [-0.25, -0.2) is 4.79 Å². The predicted molar refractivity (Wildman–Crippen MR) is 78.5 cm³/mol. The van der Waals surface area contributed by atoms with Gasteiger partial charge in [-0.3, -0.25) is 4.68 Å².